The first-order valence-electron chi connectivity index (χ1n) is 24.9. The fourth-order valence-electron chi connectivity index (χ4n) is 11.0. The predicted molar refractivity (Wildman–Crippen MR) is 272 cm³/mol. The number of nitrogens with zero attached hydrogens (tertiary/aromatic N) is 5. The molecule has 1 aromatic heterocycles. The van der Waals surface area contributed by atoms with Crippen LogP contribution < -0.4 is 20.7 Å². The van der Waals surface area contributed by atoms with Crippen LogP contribution in [0.15, 0.2) is 72.2 Å². The molecule has 1 unspecified atom stereocenters. The SMILES string of the molecule is Cc1ncsc1-c1ccc(C(C)NC(=O)[C@@H]2CCCN2C(=O)[C@@H](NC(=O)CN2CCN(CCCc3ccc(C(=O)NC4C(C)(C)C(Oc5ccc(C#N)c(C(F)(F)F)c5)C4(C)C)cc3)CC2)C(C)(C)C)cc1. The molecule has 3 aliphatic rings. The summed E-state index contributed by atoms with van der Waals surface area (Å²) in [7, 11) is 0. The summed E-state index contributed by atoms with van der Waals surface area (Å²) in [6, 6.07) is 18.6. The Hall–Kier alpha value is -5.83. The van der Waals surface area contributed by atoms with Crippen molar-refractivity contribution in [3.05, 3.63) is 106 Å². The second-order valence-electron chi connectivity index (χ2n) is 22.0. The number of hydrogen-bond acceptors (Lipinski definition) is 10. The van der Waals surface area contributed by atoms with Crippen molar-refractivity contribution in [2.24, 2.45) is 16.2 Å². The number of amides is 4. The molecule has 3 heterocycles. The standard InChI is InChI=1S/C55H69F3N8O5S/c1-34(37-18-20-38(21-19-37)45-35(2)60-33-72-45)61-48(69)43-13-11-25-66(43)49(70)46(52(3,4)5)62-44(67)32-65-28-26-64(27-29-65)24-10-12-36-14-16-39(17-15-36)47(68)63-50-53(6,7)51(54(50,8)9)71-41-23-22-40(31-59)42(30-41)55(56,57)58/h14-23,30,33-34,43,46,50-51H,10-13,24-29,32H2,1-9H3,(H,61,69)(H,62,67)(H,63,68)/t34?,43-,46+,50?,51?/m0/s1. The number of halogens is 3. The smallest absolute Gasteiger partial charge is 0.417 e. The van der Waals surface area contributed by atoms with Gasteiger partial charge in [0.1, 0.15) is 23.9 Å². The maximum atomic E-state index is 14.2. The molecular weight excluding hydrogens is 942 g/mol. The quantitative estimate of drug-likeness (QED) is 0.1000. The van der Waals surface area contributed by atoms with Crippen molar-refractivity contribution in [3.63, 3.8) is 0 Å². The molecule has 13 nitrogen and oxygen atoms in total. The Balaban J connectivity index is 0.828. The van der Waals surface area contributed by atoms with Crippen LogP contribution in [0.1, 0.15) is 119 Å². The van der Waals surface area contributed by atoms with Crippen LogP contribution in [0.3, 0.4) is 0 Å². The number of carbonyl (C=O) groups excluding carboxylic acids is 4. The molecule has 4 amide bonds. The number of aromatic nitrogens is 1. The summed E-state index contributed by atoms with van der Waals surface area (Å²) >= 11 is 1.59. The number of hydrogen-bond donors (Lipinski definition) is 3. The molecule has 0 bridgehead atoms. The minimum atomic E-state index is -4.70. The van der Waals surface area contributed by atoms with Crippen LogP contribution in [0.4, 0.5) is 13.2 Å². The number of piperazine rings is 1. The first-order valence-corrected chi connectivity index (χ1v) is 25.8. The van der Waals surface area contributed by atoms with Gasteiger partial charge < -0.3 is 30.5 Å². The molecule has 3 aromatic carbocycles. The average molecular weight is 1010 g/mol. The van der Waals surface area contributed by atoms with Crippen LogP contribution in [-0.2, 0) is 27.0 Å². The molecule has 0 radical (unpaired) electrons. The monoisotopic (exact) mass is 1010 g/mol. The van der Waals surface area contributed by atoms with Gasteiger partial charge in [-0.15, -0.1) is 11.3 Å². The highest BCUT2D eigenvalue weighted by Gasteiger charge is 2.64. The lowest BCUT2D eigenvalue weighted by molar-refractivity contribution is -0.164. The zero-order valence-corrected chi connectivity index (χ0v) is 43.7. The second kappa shape index (κ2) is 21.7. The molecule has 17 heteroatoms. The summed E-state index contributed by atoms with van der Waals surface area (Å²) in [5.74, 6) is -0.893. The largest absolute Gasteiger partial charge is 0.489 e. The Morgan fingerprint density at radius 1 is 0.903 bits per heavy atom. The van der Waals surface area contributed by atoms with E-state index in [-0.39, 0.29) is 48.0 Å². The lowest BCUT2D eigenvalue weighted by Gasteiger charge is -2.63. The molecular formula is C55H69F3N8O5S. The molecule has 3 atom stereocenters. The third-order valence-electron chi connectivity index (χ3n) is 14.8. The zero-order valence-electron chi connectivity index (χ0n) is 42.9. The Labute approximate surface area is 425 Å². The van der Waals surface area contributed by atoms with Crippen molar-refractivity contribution >= 4 is 35.0 Å². The number of nitrogens with one attached hydrogen (secondary N) is 3. The predicted octanol–water partition coefficient (Wildman–Crippen LogP) is 8.57. The number of aryl methyl sites for hydroxylation is 2. The normalized spacial score (nSPS) is 20.9. The van der Waals surface area contributed by atoms with Gasteiger partial charge >= 0.3 is 6.18 Å². The fraction of sp³-hybridized carbons (Fsp3) is 0.527. The van der Waals surface area contributed by atoms with Crippen LogP contribution in [0.5, 0.6) is 5.75 Å². The summed E-state index contributed by atoms with van der Waals surface area (Å²) in [6.45, 7) is 21.9. The van der Waals surface area contributed by atoms with Crippen molar-refractivity contribution in [1.29, 1.82) is 5.26 Å². The van der Waals surface area contributed by atoms with Crippen LogP contribution in [0, 0.1) is 34.5 Å². The minimum absolute atomic E-state index is 0.0137. The van der Waals surface area contributed by atoms with Gasteiger partial charge in [-0.25, -0.2) is 4.98 Å². The summed E-state index contributed by atoms with van der Waals surface area (Å²) in [6.07, 6.45) is -2.23. The Kier molecular flexibility index (Phi) is 16.3. The first kappa shape index (κ1) is 54.0. The third-order valence-corrected chi connectivity index (χ3v) is 15.8. The average Bonchev–Trinajstić information content (AvgIpc) is 4.01. The van der Waals surface area contributed by atoms with Crippen molar-refractivity contribution in [2.45, 2.75) is 124 Å². The van der Waals surface area contributed by atoms with Crippen LogP contribution >= 0.6 is 11.3 Å². The number of likely N-dealkylation sites (tertiary alicyclic amines) is 1. The van der Waals surface area contributed by atoms with E-state index in [9.17, 15) is 37.6 Å². The van der Waals surface area contributed by atoms with Crippen LogP contribution in [-0.4, -0.2) is 113 Å². The topological polar surface area (TPSA) is 160 Å². The lowest BCUT2D eigenvalue weighted by atomic mass is 9.49. The molecule has 3 fully saturated rings. The molecule has 386 valence electrons. The molecule has 0 spiro atoms. The van der Waals surface area contributed by atoms with Gasteiger partial charge in [0.25, 0.3) is 5.91 Å². The van der Waals surface area contributed by atoms with Crippen molar-refractivity contribution in [1.82, 2.24) is 35.6 Å². The maximum Gasteiger partial charge on any atom is 0.417 e. The van der Waals surface area contributed by atoms with Crippen molar-refractivity contribution in [2.75, 3.05) is 45.8 Å². The maximum absolute atomic E-state index is 14.2. The number of ether oxygens (including phenoxy) is 1. The van der Waals surface area contributed by atoms with E-state index < -0.39 is 51.7 Å². The van der Waals surface area contributed by atoms with Gasteiger partial charge in [0.15, 0.2) is 0 Å². The number of alkyl halides is 3. The molecule has 3 N–H and O–H groups in total. The van der Waals surface area contributed by atoms with E-state index in [1.807, 2.05) is 116 Å². The Bertz CT molecular complexity index is 2610. The molecule has 4 aromatic rings. The molecule has 2 aliphatic heterocycles. The summed E-state index contributed by atoms with van der Waals surface area (Å²) in [5, 5.41) is 18.5. The van der Waals surface area contributed by atoms with E-state index in [1.54, 1.807) is 22.3 Å². The van der Waals surface area contributed by atoms with Crippen LogP contribution in [0.25, 0.3) is 10.4 Å². The van der Waals surface area contributed by atoms with E-state index in [2.05, 4.69) is 30.7 Å². The van der Waals surface area contributed by atoms with E-state index in [0.717, 1.165) is 71.9 Å². The highest BCUT2D eigenvalue weighted by molar-refractivity contribution is 7.13. The second-order valence-corrected chi connectivity index (χ2v) is 22.8. The Morgan fingerprint density at radius 2 is 1.56 bits per heavy atom. The van der Waals surface area contributed by atoms with Gasteiger partial charge in [0.05, 0.1) is 45.9 Å². The number of thiazole rings is 1. The summed E-state index contributed by atoms with van der Waals surface area (Å²) in [4.78, 5) is 66.6. The number of carbonyl (C=O) groups is 4. The number of benzene rings is 3. The van der Waals surface area contributed by atoms with E-state index in [1.165, 1.54) is 6.07 Å². The molecule has 7 rings (SSSR count). The van der Waals surface area contributed by atoms with Gasteiger partial charge in [0.2, 0.25) is 17.7 Å². The molecule has 72 heavy (non-hydrogen) atoms. The Morgan fingerprint density at radius 3 is 2.15 bits per heavy atom. The highest BCUT2D eigenvalue weighted by atomic mass is 32.1. The van der Waals surface area contributed by atoms with Gasteiger partial charge in [-0.2, -0.15) is 18.4 Å². The van der Waals surface area contributed by atoms with Crippen molar-refractivity contribution < 1.29 is 37.1 Å². The van der Waals surface area contributed by atoms with Gasteiger partial charge in [0, 0.05) is 55.2 Å². The van der Waals surface area contributed by atoms with Crippen molar-refractivity contribution in [3.8, 4) is 22.3 Å². The lowest BCUT2D eigenvalue weighted by Crippen LogP contribution is -2.74. The van der Waals surface area contributed by atoms with E-state index in [4.69, 9.17) is 4.74 Å². The van der Waals surface area contributed by atoms with Gasteiger partial charge in [-0.05, 0) is 98.5 Å². The number of rotatable bonds is 16. The first-order chi connectivity index (χ1) is 33.9. The molecule has 2 saturated heterocycles. The summed E-state index contributed by atoms with van der Waals surface area (Å²) in [5.41, 5.74) is 3.12. The molecule has 1 saturated carbocycles. The third kappa shape index (κ3) is 12.2. The van der Waals surface area contributed by atoms with E-state index >= 15 is 0 Å². The van der Waals surface area contributed by atoms with Gasteiger partial charge in [-0.1, -0.05) is 84.9 Å². The van der Waals surface area contributed by atoms with Crippen LogP contribution in [0.2, 0.25) is 0 Å². The van der Waals surface area contributed by atoms with Gasteiger partial charge in [-0.3, -0.25) is 24.1 Å². The minimum Gasteiger partial charge on any atom is -0.489 e. The molecule has 1 aliphatic carbocycles. The summed E-state index contributed by atoms with van der Waals surface area (Å²) < 4.78 is 47.0. The highest BCUT2D eigenvalue weighted by Crippen LogP contribution is 2.56. The van der Waals surface area contributed by atoms with E-state index in [0.29, 0.717) is 38.0 Å². The zero-order chi connectivity index (χ0) is 52.3. The fourth-order valence-corrected chi connectivity index (χ4v) is 11.8. The number of nitriles is 1.